The molecule has 2 aromatic rings. The number of nitrogens with two attached hydrogens (primary N) is 1. The van der Waals surface area contributed by atoms with E-state index in [1.807, 2.05) is 0 Å². The smallest absolute Gasteiger partial charge is 0.343 e. The number of nitrogens with zero attached hydrogens (tertiary/aromatic N) is 3. The highest BCUT2D eigenvalue weighted by atomic mass is 16.6. The first-order valence-electron chi connectivity index (χ1n) is 13.3. The average molecular weight is 531 g/mol. The number of benzene rings is 1. The van der Waals surface area contributed by atoms with E-state index in [1.165, 1.54) is 7.11 Å². The Morgan fingerprint density at radius 2 is 1.74 bits per heavy atom. The highest BCUT2D eigenvalue weighted by Gasteiger charge is 2.48. The van der Waals surface area contributed by atoms with Gasteiger partial charge in [-0.1, -0.05) is 38.1 Å². The summed E-state index contributed by atoms with van der Waals surface area (Å²) in [5.74, 6) is 0.948. The zero-order valence-corrected chi connectivity index (χ0v) is 23.7. The third kappa shape index (κ3) is 7.03. The zero-order chi connectivity index (χ0) is 28.1. The molecule has 0 saturated carbocycles. The van der Waals surface area contributed by atoms with Crippen LogP contribution in [0.25, 0.3) is 0 Å². The molecule has 2 atom stereocenters. The second kappa shape index (κ2) is 12.1. The van der Waals surface area contributed by atoms with Crippen molar-refractivity contribution in [1.29, 1.82) is 0 Å². The first-order chi connectivity index (χ1) is 17.8. The van der Waals surface area contributed by atoms with E-state index in [4.69, 9.17) is 24.5 Å². The summed E-state index contributed by atoms with van der Waals surface area (Å²) >= 11 is 0. The quantitative estimate of drug-likeness (QED) is 0.352. The van der Waals surface area contributed by atoms with Crippen molar-refractivity contribution in [2.45, 2.75) is 77.9 Å². The number of carbonyl (C=O) groups excluding carboxylic acids is 2. The van der Waals surface area contributed by atoms with E-state index in [1.54, 1.807) is 45.0 Å². The van der Waals surface area contributed by atoms with Crippen LogP contribution in [-0.4, -0.2) is 54.5 Å². The Hall–Kier alpha value is -3.14. The maximum absolute atomic E-state index is 12.8. The van der Waals surface area contributed by atoms with Crippen molar-refractivity contribution in [3.05, 3.63) is 35.7 Å². The minimum Gasteiger partial charge on any atom is -0.494 e. The molecule has 38 heavy (non-hydrogen) atoms. The van der Waals surface area contributed by atoms with E-state index in [0.29, 0.717) is 30.2 Å². The van der Waals surface area contributed by atoms with Crippen LogP contribution in [0.2, 0.25) is 0 Å². The van der Waals surface area contributed by atoms with E-state index >= 15 is 0 Å². The van der Waals surface area contributed by atoms with E-state index in [9.17, 15) is 9.59 Å². The summed E-state index contributed by atoms with van der Waals surface area (Å²) in [5, 5.41) is 4.07. The number of rotatable bonds is 10. The van der Waals surface area contributed by atoms with E-state index in [-0.39, 0.29) is 11.5 Å². The number of anilines is 1. The molecule has 2 heterocycles. The molecule has 0 amide bonds. The Morgan fingerprint density at radius 1 is 1.11 bits per heavy atom. The maximum Gasteiger partial charge on any atom is 0.343 e. The summed E-state index contributed by atoms with van der Waals surface area (Å²) < 4.78 is 21.6. The third-order valence-corrected chi connectivity index (χ3v) is 6.94. The first kappa shape index (κ1) is 29.4. The van der Waals surface area contributed by atoms with Gasteiger partial charge in [0.05, 0.1) is 13.7 Å². The van der Waals surface area contributed by atoms with E-state index < -0.39 is 23.1 Å². The molecular weight excluding hydrogens is 488 g/mol. The summed E-state index contributed by atoms with van der Waals surface area (Å²) in [7, 11) is 1.19. The lowest BCUT2D eigenvalue weighted by Crippen LogP contribution is -2.54. The summed E-state index contributed by atoms with van der Waals surface area (Å²) in [6.07, 6.45) is 3.03. The lowest BCUT2D eigenvalue weighted by Gasteiger charge is -2.33. The second-order valence-corrected chi connectivity index (χ2v) is 11.4. The Bertz CT molecular complexity index is 1070. The molecule has 0 bridgehead atoms. The van der Waals surface area contributed by atoms with Gasteiger partial charge in [-0.05, 0) is 69.6 Å². The third-order valence-electron chi connectivity index (χ3n) is 6.94. The predicted octanol–water partition coefficient (Wildman–Crippen LogP) is 4.18. The van der Waals surface area contributed by atoms with Crippen LogP contribution in [0.1, 0.15) is 78.1 Å². The monoisotopic (exact) mass is 530 g/mol. The minimum atomic E-state index is -2.07. The number of ether oxygens (including phenoxy) is 3. The van der Waals surface area contributed by atoms with Gasteiger partial charge < -0.3 is 29.4 Å². The lowest BCUT2D eigenvalue weighted by molar-refractivity contribution is -0.171. The van der Waals surface area contributed by atoms with Gasteiger partial charge >= 0.3 is 18.0 Å². The lowest BCUT2D eigenvalue weighted by atomic mass is 9.84. The molecule has 0 radical (unpaired) electrons. The Morgan fingerprint density at radius 3 is 2.26 bits per heavy atom. The van der Waals surface area contributed by atoms with Gasteiger partial charge in [-0.2, -0.15) is 4.98 Å². The number of hydrogen-bond acceptors (Lipinski definition) is 10. The Kier molecular flexibility index (Phi) is 9.40. The molecule has 10 nitrogen and oxygen atoms in total. The maximum atomic E-state index is 12.8. The van der Waals surface area contributed by atoms with Crippen molar-refractivity contribution in [3.8, 4) is 5.75 Å². The van der Waals surface area contributed by atoms with Crippen LogP contribution < -0.4 is 15.4 Å². The van der Waals surface area contributed by atoms with Gasteiger partial charge in [-0.15, -0.1) is 0 Å². The number of carbonyl (C=O) groups is 2. The van der Waals surface area contributed by atoms with Gasteiger partial charge in [0, 0.05) is 19.0 Å². The summed E-state index contributed by atoms with van der Waals surface area (Å²) in [6, 6.07) is 7.20. The average Bonchev–Trinajstić information content (AvgIpc) is 3.38. The summed E-state index contributed by atoms with van der Waals surface area (Å²) in [6.45, 7) is 13.8. The molecule has 1 aromatic carbocycles. The van der Waals surface area contributed by atoms with Crippen molar-refractivity contribution in [1.82, 2.24) is 10.1 Å². The fourth-order valence-corrected chi connectivity index (χ4v) is 4.50. The molecule has 1 aromatic heterocycles. The first-order valence-corrected chi connectivity index (χ1v) is 13.3. The molecule has 3 rings (SSSR count). The van der Waals surface area contributed by atoms with Crippen molar-refractivity contribution < 1.29 is 28.3 Å². The molecule has 1 aliphatic heterocycles. The second-order valence-electron chi connectivity index (χ2n) is 11.4. The SMILES string of the molecule is COC(=O)[C@](N)(C(=O)OC(C)(C)C)c1ccc(OCC[C@@H](C)C2CCN(c3nc(C(C)C)no3)CC2)cc1. The summed E-state index contributed by atoms with van der Waals surface area (Å²) in [4.78, 5) is 32.0. The predicted molar refractivity (Wildman–Crippen MR) is 143 cm³/mol. The summed E-state index contributed by atoms with van der Waals surface area (Å²) in [5.41, 5.74) is 3.65. The van der Waals surface area contributed by atoms with Crippen LogP contribution in [0.4, 0.5) is 6.01 Å². The number of hydrogen-bond donors (Lipinski definition) is 1. The van der Waals surface area contributed by atoms with Crippen LogP contribution >= 0.6 is 0 Å². The van der Waals surface area contributed by atoms with Crippen LogP contribution in [0, 0.1) is 11.8 Å². The molecule has 0 unspecified atom stereocenters. The molecule has 10 heteroatoms. The van der Waals surface area contributed by atoms with Crippen LogP contribution in [-0.2, 0) is 24.6 Å². The molecule has 210 valence electrons. The van der Waals surface area contributed by atoms with E-state index in [0.717, 1.165) is 38.2 Å². The van der Waals surface area contributed by atoms with Crippen LogP contribution in [0.3, 0.4) is 0 Å². The minimum absolute atomic E-state index is 0.247. The normalized spacial score (nSPS) is 17.1. The van der Waals surface area contributed by atoms with Crippen LogP contribution in [0.5, 0.6) is 5.75 Å². The highest BCUT2D eigenvalue weighted by Crippen LogP contribution is 2.30. The highest BCUT2D eigenvalue weighted by molar-refractivity contribution is 6.05. The molecule has 2 N–H and O–H groups in total. The number of piperidine rings is 1. The molecule has 0 aliphatic carbocycles. The van der Waals surface area contributed by atoms with Gasteiger partial charge in [0.25, 0.3) is 0 Å². The Labute approximate surface area is 225 Å². The molecule has 1 aliphatic rings. The fraction of sp³-hybridized carbons (Fsp3) is 0.643. The van der Waals surface area contributed by atoms with Gasteiger partial charge in [-0.25, -0.2) is 9.59 Å². The van der Waals surface area contributed by atoms with Crippen molar-refractivity contribution in [2.75, 3.05) is 31.7 Å². The standard InChI is InChI=1S/C28H42N4O6/c1-18(2)23-30-26(38-31-23)32-15-12-20(13-16-32)19(3)14-17-36-22-10-8-21(9-11-22)28(29,24(33)35-7)25(34)37-27(4,5)6/h8-11,18-20H,12-17,29H2,1-7H3/t19-,28+/m1/s1. The van der Waals surface area contributed by atoms with Crippen molar-refractivity contribution >= 4 is 18.0 Å². The molecule has 1 fully saturated rings. The number of methoxy groups -OCH3 is 1. The fourth-order valence-electron chi connectivity index (χ4n) is 4.50. The number of aromatic nitrogens is 2. The van der Waals surface area contributed by atoms with Crippen molar-refractivity contribution in [2.24, 2.45) is 17.6 Å². The van der Waals surface area contributed by atoms with Gasteiger partial charge in [0.1, 0.15) is 11.4 Å². The molecule has 1 saturated heterocycles. The molecule has 0 spiro atoms. The molecular formula is C28H42N4O6. The van der Waals surface area contributed by atoms with E-state index in [2.05, 4.69) is 35.8 Å². The Balaban J connectivity index is 1.51. The topological polar surface area (TPSA) is 130 Å². The van der Waals surface area contributed by atoms with Crippen LogP contribution in [0.15, 0.2) is 28.8 Å². The van der Waals surface area contributed by atoms with Gasteiger partial charge in [0.15, 0.2) is 5.82 Å². The van der Waals surface area contributed by atoms with Gasteiger partial charge in [-0.3, -0.25) is 0 Å². The van der Waals surface area contributed by atoms with Gasteiger partial charge in [0.2, 0.25) is 5.54 Å². The van der Waals surface area contributed by atoms with Crippen molar-refractivity contribution in [3.63, 3.8) is 0 Å². The largest absolute Gasteiger partial charge is 0.494 e. The zero-order valence-electron chi connectivity index (χ0n) is 23.7. The number of esters is 2.